The van der Waals surface area contributed by atoms with Gasteiger partial charge in [-0.05, 0) is 32.3 Å². The van der Waals surface area contributed by atoms with E-state index in [1.54, 1.807) is 12.3 Å². The van der Waals surface area contributed by atoms with E-state index in [9.17, 15) is 9.59 Å². The Hall–Kier alpha value is -1.58. The summed E-state index contributed by atoms with van der Waals surface area (Å²) in [5.41, 5.74) is 0.985. The van der Waals surface area contributed by atoms with Crippen molar-refractivity contribution < 1.29 is 9.59 Å². The first-order chi connectivity index (χ1) is 8.90. The van der Waals surface area contributed by atoms with Gasteiger partial charge in [0.15, 0.2) is 5.78 Å². The van der Waals surface area contributed by atoms with Crippen molar-refractivity contribution >= 4 is 11.7 Å². The Morgan fingerprint density at radius 1 is 1.26 bits per heavy atom. The Morgan fingerprint density at radius 2 is 1.95 bits per heavy atom. The maximum Gasteiger partial charge on any atom is 0.267 e. The number of hydrogen-bond acceptors (Lipinski definition) is 2. The van der Waals surface area contributed by atoms with Crippen molar-refractivity contribution in [1.29, 1.82) is 0 Å². The summed E-state index contributed by atoms with van der Waals surface area (Å²) in [6.07, 6.45) is 4.84. The molecule has 19 heavy (non-hydrogen) atoms. The number of carbonyl (C=O) groups excluding carboxylic acids is 2. The molecule has 106 valence electrons. The van der Waals surface area contributed by atoms with Crippen molar-refractivity contribution in [2.45, 2.75) is 53.0 Å². The molecule has 1 rings (SSSR count). The zero-order valence-corrected chi connectivity index (χ0v) is 12.2. The van der Waals surface area contributed by atoms with Gasteiger partial charge in [-0.1, -0.05) is 26.7 Å². The second-order valence-corrected chi connectivity index (χ2v) is 5.56. The van der Waals surface area contributed by atoms with Crippen LogP contribution in [0.25, 0.3) is 0 Å². The summed E-state index contributed by atoms with van der Waals surface area (Å²) in [7, 11) is 0. The lowest BCUT2D eigenvalue weighted by Gasteiger charge is -2.13. The lowest BCUT2D eigenvalue weighted by atomic mass is 10.0. The number of nitrogens with one attached hydrogen (secondary N) is 2. The molecule has 0 aliphatic heterocycles. The summed E-state index contributed by atoms with van der Waals surface area (Å²) in [5, 5.41) is 2.94. The summed E-state index contributed by atoms with van der Waals surface area (Å²) in [5.74, 6) is 0.509. The number of aromatic amines is 1. The van der Waals surface area contributed by atoms with Gasteiger partial charge in [0.2, 0.25) is 0 Å². The van der Waals surface area contributed by atoms with E-state index in [-0.39, 0.29) is 17.7 Å². The molecule has 0 bridgehead atoms. The van der Waals surface area contributed by atoms with Crippen molar-refractivity contribution in [3.63, 3.8) is 0 Å². The van der Waals surface area contributed by atoms with E-state index in [0.717, 1.165) is 12.8 Å². The molecule has 1 amide bonds. The summed E-state index contributed by atoms with van der Waals surface area (Å²) in [6.45, 7) is 7.89. The highest BCUT2D eigenvalue weighted by atomic mass is 16.2. The highest BCUT2D eigenvalue weighted by Gasteiger charge is 2.13. The van der Waals surface area contributed by atoms with E-state index in [1.165, 1.54) is 13.3 Å². The SMILES string of the molecule is CC(=O)c1c[nH]c(C(=O)N[C@H](C)CCCC(C)C)c1. The molecule has 0 fully saturated rings. The van der Waals surface area contributed by atoms with Crippen LogP contribution in [0, 0.1) is 5.92 Å². The van der Waals surface area contributed by atoms with Crippen molar-refractivity contribution in [1.82, 2.24) is 10.3 Å². The van der Waals surface area contributed by atoms with E-state index >= 15 is 0 Å². The molecule has 1 heterocycles. The highest BCUT2D eigenvalue weighted by Crippen LogP contribution is 2.09. The lowest BCUT2D eigenvalue weighted by Crippen LogP contribution is -2.32. The Labute approximate surface area is 115 Å². The fraction of sp³-hybridized carbons (Fsp3) is 0.600. The summed E-state index contributed by atoms with van der Waals surface area (Å²) >= 11 is 0. The molecular formula is C15H24N2O2. The molecule has 1 aromatic rings. The van der Waals surface area contributed by atoms with Crippen LogP contribution in [0.4, 0.5) is 0 Å². The number of rotatable bonds is 7. The summed E-state index contributed by atoms with van der Waals surface area (Å²) < 4.78 is 0. The molecule has 0 unspecified atom stereocenters. The van der Waals surface area contributed by atoms with Crippen LogP contribution < -0.4 is 5.32 Å². The highest BCUT2D eigenvalue weighted by molar-refractivity contribution is 5.99. The molecule has 4 nitrogen and oxygen atoms in total. The third-order valence-electron chi connectivity index (χ3n) is 3.13. The molecule has 0 aromatic carbocycles. The Morgan fingerprint density at radius 3 is 2.47 bits per heavy atom. The summed E-state index contributed by atoms with van der Waals surface area (Å²) in [4.78, 5) is 25.9. The van der Waals surface area contributed by atoms with E-state index in [0.29, 0.717) is 17.2 Å². The molecule has 0 saturated heterocycles. The Balaban J connectivity index is 2.42. The van der Waals surface area contributed by atoms with E-state index in [1.807, 2.05) is 6.92 Å². The van der Waals surface area contributed by atoms with Gasteiger partial charge in [-0.3, -0.25) is 9.59 Å². The summed E-state index contributed by atoms with van der Waals surface area (Å²) in [6, 6.07) is 1.74. The van der Waals surface area contributed by atoms with Gasteiger partial charge in [0, 0.05) is 17.8 Å². The van der Waals surface area contributed by atoms with Crippen LogP contribution in [0.1, 0.15) is 67.8 Å². The zero-order valence-electron chi connectivity index (χ0n) is 12.2. The topological polar surface area (TPSA) is 62.0 Å². The van der Waals surface area contributed by atoms with Gasteiger partial charge in [0.1, 0.15) is 5.69 Å². The number of amides is 1. The van der Waals surface area contributed by atoms with Crippen molar-refractivity contribution in [3.8, 4) is 0 Å². The predicted octanol–water partition coefficient (Wildman–Crippen LogP) is 3.16. The van der Waals surface area contributed by atoms with E-state index < -0.39 is 0 Å². The normalized spacial score (nSPS) is 12.5. The van der Waals surface area contributed by atoms with Crippen LogP contribution >= 0.6 is 0 Å². The van der Waals surface area contributed by atoms with Gasteiger partial charge in [-0.15, -0.1) is 0 Å². The number of Topliss-reactive ketones (excluding diaryl/α,β-unsaturated/α-hetero) is 1. The lowest BCUT2D eigenvalue weighted by molar-refractivity contribution is 0.0933. The van der Waals surface area contributed by atoms with Gasteiger partial charge >= 0.3 is 0 Å². The maximum absolute atomic E-state index is 11.9. The van der Waals surface area contributed by atoms with Gasteiger partial charge in [0.05, 0.1) is 0 Å². The molecule has 1 atom stereocenters. The van der Waals surface area contributed by atoms with Crippen LogP contribution in [-0.4, -0.2) is 22.7 Å². The van der Waals surface area contributed by atoms with Crippen LogP contribution in [0.3, 0.4) is 0 Å². The number of ketones is 1. The molecule has 0 radical (unpaired) electrons. The minimum Gasteiger partial charge on any atom is -0.356 e. The molecule has 1 aromatic heterocycles. The van der Waals surface area contributed by atoms with Crippen LogP contribution in [-0.2, 0) is 0 Å². The fourth-order valence-corrected chi connectivity index (χ4v) is 1.93. The monoisotopic (exact) mass is 264 g/mol. The number of H-pyrrole nitrogens is 1. The van der Waals surface area contributed by atoms with Crippen molar-refractivity contribution in [3.05, 3.63) is 23.5 Å². The minimum absolute atomic E-state index is 0.0414. The molecule has 0 saturated carbocycles. The average Bonchev–Trinajstić information content (AvgIpc) is 2.77. The van der Waals surface area contributed by atoms with Crippen LogP contribution in [0.2, 0.25) is 0 Å². The smallest absolute Gasteiger partial charge is 0.267 e. The number of hydrogen-bond donors (Lipinski definition) is 2. The first-order valence-corrected chi connectivity index (χ1v) is 6.90. The minimum atomic E-state index is -0.149. The first kappa shape index (κ1) is 15.5. The molecule has 4 heteroatoms. The average molecular weight is 264 g/mol. The predicted molar refractivity (Wildman–Crippen MR) is 76.4 cm³/mol. The molecule has 2 N–H and O–H groups in total. The number of carbonyl (C=O) groups is 2. The molecule has 0 spiro atoms. The van der Waals surface area contributed by atoms with Crippen LogP contribution in [0.5, 0.6) is 0 Å². The van der Waals surface area contributed by atoms with E-state index in [2.05, 4.69) is 24.1 Å². The third kappa shape index (κ3) is 5.28. The first-order valence-electron chi connectivity index (χ1n) is 6.90. The maximum atomic E-state index is 11.9. The number of aromatic nitrogens is 1. The zero-order chi connectivity index (χ0) is 14.4. The second-order valence-electron chi connectivity index (χ2n) is 5.56. The van der Waals surface area contributed by atoms with Gasteiger partial charge < -0.3 is 10.3 Å². The second kappa shape index (κ2) is 7.12. The van der Waals surface area contributed by atoms with Crippen molar-refractivity contribution in [2.24, 2.45) is 5.92 Å². The molecule has 0 aliphatic carbocycles. The third-order valence-corrected chi connectivity index (χ3v) is 3.13. The van der Waals surface area contributed by atoms with Crippen molar-refractivity contribution in [2.75, 3.05) is 0 Å². The fourth-order valence-electron chi connectivity index (χ4n) is 1.93. The largest absolute Gasteiger partial charge is 0.356 e. The van der Waals surface area contributed by atoms with Gasteiger partial charge in [-0.25, -0.2) is 0 Å². The Kier molecular flexibility index (Phi) is 5.80. The molecular weight excluding hydrogens is 240 g/mol. The Bertz CT molecular complexity index is 435. The standard InChI is InChI=1S/C15H24N2O2/c1-10(2)6-5-7-11(3)17-15(19)14-8-13(9-16-14)12(4)18/h8-11,16H,5-7H2,1-4H3,(H,17,19)/t11-/m1/s1. The van der Waals surface area contributed by atoms with E-state index in [4.69, 9.17) is 0 Å². The quantitative estimate of drug-likeness (QED) is 0.743. The van der Waals surface area contributed by atoms with Gasteiger partial charge in [-0.2, -0.15) is 0 Å². The van der Waals surface area contributed by atoms with Crippen LogP contribution in [0.15, 0.2) is 12.3 Å². The molecule has 0 aliphatic rings. The van der Waals surface area contributed by atoms with Gasteiger partial charge in [0.25, 0.3) is 5.91 Å².